The summed E-state index contributed by atoms with van der Waals surface area (Å²) >= 11 is 0. The summed E-state index contributed by atoms with van der Waals surface area (Å²) in [4.78, 5) is 6.94. The summed E-state index contributed by atoms with van der Waals surface area (Å²) in [6.45, 7) is 11.9. The minimum absolute atomic E-state index is 0.493. The summed E-state index contributed by atoms with van der Waals surface area (Å²) in [6, 6.07) is 4.76. The van der Waals surface area contributed by atoms with Crippen molar-refractivity contribution in [3.63, 3.8) is 0 Å². The lowest BCUT2D eigenvalue weighted by Gasteiger charge is -2.22. The van der Waals surface area contributed by atoms with Crippen LogP contribution in [0.2, 0.25) is 0 Å². The molecule has 0 radical (unpaired) electrons. The number of nitrogens with one attached hydrogen (secondary N) is 1. The maximum atomic E-state index is 5.14. The van der Waals surface area contributed by atoms with Gasteiger partial charge in [0.1, 0.15) is 5.82 Å². The number of methoxy groups -OCH3 is 1. The molecular weight excluding hydrogens is 238 g/mol. The summed E-state index contributed by atoms with van der Waals surface area (Å²) in [7, 11) is 1.73. The molecule has 0 bridgehead atoms. The second-order valence-corrected chi connectivity index (χ2v) is 5.02. The highest BCUT2D eigenvalue weighted by atomic mass is 16.5. The van der Waals surface area contributed by atoms with Crippen LogP contribution in [0.15, 0.2) is 12.1 Å². The molecule has 4 heteroatoms. The van der Waals surface area contributed by atoms with E-state index in [9.17, 15) is 0 Å². The third kappa shape index (κ3) is 5.17. The lowest BCUT2D eigenvalue weighted by Crippen LogP contribution is -2.28. The van der Waals surface area contributed by atoms with Gasteiger partial charge >= 0.3 is 0 Å². The number of aromatic nitrogens is 1. The topological polar surface area (TPSA) is 37.4 Å². The molecule has 0 saturated carbocycles. The Kier molecular flexibility index (Phi) is 6.81. The van der Waals surface area contributed by atoms with Gasteiger partial charge in [0.15, 0.2) is 0 Å². The first-order valence-electron chi connectivity index (χ1n) is 7.02. The fourth-order valence-corrected chi connectivity index (χ4v) is 1.89. The lowest BCUT2D eigenvalue weighted by atomic mass is 10.2. The zero-order valence-electron chi connectivity index (χ0n) is 12.9. The molecule has 0 amide bonds. The Morgan fingerprint density at radius 2 is 2.11 bits per heavy atom. The Labute approximate surface area is 117 Å². The van der Waals surface area contributed by atoms with Gasteiger partial charge in [-0.15, -0.1) is 0 Å². The number of anilines is 1. The van der Waals surface area contributed by atoms with Crippen LogP contribution in [-0.4, -0.2) is 37.8 Å². The van der Waals surface area contributed by atoms with E-state index >= 15 is 0 Å². The van der Waals surface area contributed by atoms with Gasteiger partial charge in [-0.3, -0.25) is 0 Å². The van der Waals surface area contributed by atoms with E-state index in [0.717, 1.165) is 37.8 Å². The molecule has 1 rings (SSSR count). The highest BCUT2D eigenvalue weighted by molar-refractivity contribution is 5.41. The summed E-state index contributed by atoms with van der Waals surface area (Å²) in [5.74, 6) is 1.03. The van der Waals surface area contributed by atoms with Crippen LogP contribution >= 0.6 is 0 Å². The Bertz CT molecular complexity index is 380. The molecule has 0 atom stereocenters. The Balaban J connectivity index is 2.73. The van der Waals surface area contributed by atoms with Crippen LogP contribution in [0.5, 0.6) is 0 Å². The van der Waals surface area contributed by atoms with Crippen LogP contribution < -0.4 is 10.2 Å². The van der Waals surface area contributed by atoms with Crippen molar-refractivity contribution in [3.05, 3.63) is 23.4 Å². The fraction of sp³-hybridized carbons (Fsp3) is 0.667. The van der Waals surface area contributed by atoms with E-state index in [0.29, 0.717) is 6.04 Å². The van der Waals surface area contributed by atoms with E-state index < -0.39 is 0 Å². The number of ether oxygens (including phenoxy) is 1. The maximum absolute atomic E-state index is 5.14. The number of rotatable bonds is 8. The van der Waals surface area contributed by atoms with Crippen molar-refractivity contribution in [3.8, 4) is 0 Å². The number of likely N-dealkylation sites (N-methyl/N-ethyl adjacent to an activating group) is 1. The number of hydrogen-bond acceptors (Lipinski definition) is 4. The zero-order chi connectivity index (χ0) is 14.3. The molecule has 0 aliphatic carbocycles. The van der Waals surface area contributed by atoms with E-state index in [2.05, 4.69) is 50.0 Å². The SMILES string of the molecule is CCN(CCOC)c1ccc(CNC(C)C)c(C)n1. The molecule has 1 heterocycles. The van der Waals surface area contributed by atoms with Crippen LogP contribution in [0.1, 0.15) is 32.0 Å². The number of nitrogens with zero attached hydrogens (tertiary/aromatic N) is 2. The van der Waals surface area contributed by atoms with Gasteiger partial charge in [-0.2, -0.15) is 0 Å². The molecule has 0 saturated heterocycles. The highest BCUT2D eigenvalue weighted by Crippen LogP contribution is 2.14. The van der Waals surface area contributed by atoms with Crippen molar-refractivity contribution in [2.24, 2.45) is 0 Å². The summed E-state index contributed by atoms with van der Waals surface area (Å²) in [5, 5.41) is 3.43. The van der Waals surface area contributed by atoms with E-state index in [1.54, 1.807) is 7.11 Å². The monoisotopic (exact) mass is 265 g/mol. The van der Waals surface area contributed by atoms with Gasteiger partial charge in [0.05, 0.1) is 6.61 Å². The van der Waals surface area contributed by atoms with Crippen LogP contribution in [0.3, 0.4) is 0 Å². The molecule has 19 heavy (non-hydrogen) atoms. The van der Waals surface area contributed by atoms with Gasteiger partial charge in [-0.1, -0.05) is 19.9 Å². The standard InChI is InChI=1S/C15H27N3O/c1-6-18(9-10-19-5)15-8-7-14(13(4)17-15)11-16-12(2)3/h7-8,12,16H,6,9-11H2,1-5H3. The van der Waals surface area contributed by atoms with Gasteiger partial charge in [-0.05, 0) is 25.5 Å². The van der Waals surface area contributed by atoms with Crippen molar-refractivity contribution < 1.29 is 4.74 Å². The normalized spacial score (nSPS) is 11.1. The van der Waals surface area contributed by atoms with Crippen molar-refractivity contribution in [1.82, 2.24) is 10.3 Å². The summed E-state index contributed by atoms with van der Waals surface area (Å²) in [5.41, 5.74) is 2.36. The molecule has 108 valence electrons. The molecule has 0 spiro atoms. The first-order chi connectivity index (χ1) is 9.08. The van der Waals surface area contributed by atoms with Crippen molar-refractivity contribution >= 4 is 5.82 Å². The third-order valence-electron chi connectivity index (χ3n) is 3.15. The average molecular weight is 265 g/mol. The molecule has 0 fully saturated rings. The van der Waals surface area contributed by atoms with Gasteiger partial charge in [0.25, 0.3) is 0 Å². The molecule has 1 aromatic rings. The van der Waals surface area contributed by atoms with E-state index in [4.69, 9.17) is 9.72 Å². The van der Waals surface area contributed by atoms with Crippen molar-refractivity contribution in [2.75, 3.05) is 31.7 Å². The number of hydrogen-bond donors (Lipinski definition) is 1. The highest BCUT2D eigenvalue weighted by Gasteiger charge is 2.08. The molecular formula is C15H27N3O. The quantitative estimate of drug-likeness (QED) is 0.783. The van der Waals surface area contributed by atoms with E-state index in [-0.39, 0.29) is 0 Å². The molecule has 1 aromatic heterocycles. The number of aryl methyl sites for hydroxylation is 1. The van der Waals surface area contributed by atoms with E-state index in [1.807, 2.05) is 0 Å². The minimum Gasteiger partial charge on any atom is -0.383 e. The Morgan fingerprint density at radius 1 is 1.37 bits per heavy atom. The fourth-order valence-electron chi connectivity index (χ4n) is 1.89. The molecule has 0 aliphatic rings. The summed E-state index contributed by atoms with van der Waals surface area (Å²) in [6.07, 6.45) is 0. The van der Waals surface area contributed by atoms with Gasteiger partial charge in [0.2, 0.25) is 0 Å². The van der Waals surface area contributed by atoms with E-state index in [1.165, 1.54) is 5.56 Å². The molecule has 0 unspecified atom stereocenters. The lowest BCUT2D eigenvalue weighted by molar-refractivity contribution is 0.205. The average Bonchev–Trinajstić information content (AvgIpc) is 2.38. The second kappa shape index (κ2) is 8.12. The second-order valence-electron chi connectivity index (χ2n) is 5.02. The van der Waals surface area contributed by atoms with Gasteiger partial charge in [0, 0.05) is 38.5 Å². The predicted molar refractivity (Wildman–Crippen MR) is 80.7 cm³/mol. The maximum Gasteiger partial charge on any atom is 0.128 e. The predicted octanol–water partition coefficient (Wildman–Crippen LogP) is 2.36. The van der Waals surface area contributed by atoms with Gasteiger partial charge < -0.3 is 15.0 Å². The third-order valence-corrected chi connectivity index (χ3v) is 3.15. The van der Waals surface area contributed by atoms with Crippen LogP contribution in [0.4, 0.5) is 5.82 Å². The summed E-state index contributed by atoms with van der Waals surface area (Å²) < 4.78 is 5.14. The van der Waals surface area contributed by atoms with Crippen LogP contribution in [0.25, 0.3) is 0 Å². The molecule has 0 aliphatic heterocycles. The molecule has 4 nitrogen and oxygen atoms in total. The smallest absolute Gasteiger partial charge is 0.128 e. The molecule has 0 aromatic carbocycles. The molecule has 1 N–H and O–H groups in total. The van der Waals surface area contributed by atoms with Crippen LogP contribution in [-0.2, 0) is 11.3 Å². The first-order valence-corrected chi connectivity index (χ1v) is 7.02. The van der Waals surface area contributed by atoms with Crippen LogP contribution in [0, 0.1) is 6.92 Å². The first kappa shape index (κ1) is 15.9. The van der Waals surface area contributed by atoms with Gasteiger partial charge in [-0.25, -0.2) is 4.98 Å². The minimum atomic E-state index is 0.493. The Morgan fingerprint density at radius 3 is 2.63 bits per heavy atom. The van der Waals surface area contributed by atoms with Crippen molar-refractivity contribution in [1.29, 1.82) is 0 Å². The van der Waals surface area contributed by atoms with Crippen molar-refractivity contribution in [2.45, 2.75) is 40.3 Å². The number of pyridine rings is 1. The zero-order valence-corrected chi connectivity index (χ0v) is 12.9. The Hall–Kier alpha value is -1.13. The largest absolute Gasteiger partial charge is 0.383 e.